The smallest absolute Gasteiger partial charge is 0.157 e. The van der Waals surface area contributed by atoms with Crippen LogP contribution in [0.5, 0.6) is 0 Å². The Morgan fingerprint density at radius 3 is 2.95 bits per heavy atom. The van der Waals surface area contributed by atoms with E-state index in [0.29, 0.717) is 0 Å². The average molecular weight is 284 g/mol. The van der Waals surface area contributed by atoms with Crippen molar-refractivity contribution in [3.8, 4) is 0 Å². The number of nitrogens with one attached hydrogen (secondary N) is 1. The Labute approximate surface area is 123 Å². The zero-order valence-electron chi connectivity index (χ0n) is 12.7. The van der Waals surface area contributed by atoms with Gasteiger partial charge in [-0.25, -0.2) is 4.98 Å². The summed E-state index contributed by atoms with van der Waals surface area (Å²) in [7, 11) is 1.91. The molecule has 6 nitrogen and oxygen atoms in total. The summed E-state index contributed by atoms with van der Waals surface area (Å²) in [6, 6.07) is 2.10. The first-order chi connectivity index (χ1) is 10.2. The number of anilines is 1. The molecule has 0 fully saturated rings. The molecule has 21 heavy (non-hydrogen) atoms. The van der Waals surface area contributed by atoms with Crippen LogP contribution in [0.3, 0.4) is 0 Å². The third kappa shape index (κ3) is 2.74. The fourth-order valence-corrected chi connectivity index (χ4v) is 2.46. The van der Waals surface area contributed by atoms with E-state index >= 15 is 0 Å². The maximum atomic E-state index is 4.47. The molecule has 0 radical (unpaired) electrons. The number of aryl methyl sites for hydroxylation is 3. The summed E-state index contributed by atoms with van der Waals surface area (Å²) in [5, 5.41) is 13.2. The van der Waals surface area contributed by atoms with Crippen molar-refractivity contribution in [2.45, 2.75) is 33.4 Å². The highest BCUT2D eigenvalue weighted by atomic mass is 15.3. The van der Waals surface area contributed by atoms with Crippen molar-refractivity contribution in [3.63, 3.8) is 0 Å². The normalized spacial score (nSPS) is 11.2. The zero-order chi connectivity index (χ0) is 14.8. The Bertz CT molecular complexity index is 755. The first-order valence-corrected chi connectivity index (χ1v) is 7.22. The van der Waals surface area contributed by atoms with Gasteiger partial charge in [0, 0.05) is 37.3 Å². The van der Waals surface area contributed by atoms with Gasteiger partial charge < -0.3 is 5.32 Å². The van der Waals surface area contributed by atoms with E-state index in [0.717, 1.165) is 41.9 Å². The molecule has 0 saturated heterocycles. The number of hydrogen-bond donors (Lipinski definition) is 1. The van der Waals surface area contributed by atoms with Gasteiger partial charge >= 0.3 is 0 Å². The number of nitrogens with zero attached hydrogens (tertiary/aromatic N) is 5. The van der Waals surface area contributed by atoms with Crippen LogP contribution in [-0.2, 0) is 20.1 Å². The molecule has 0 atom stereocenters. The van der Waals surface area contributed by atoms with Gasteiger partial charge in [-0.05, 0) is 19.4 Å². The molecule has 0 aliphatic carbocycles. The van der Waals surface area contributed by atoms with Gasteiger partial charge in [0.25, 0.3) is 0 Å². The van der Waals surface area contributed by atoms with E-state index in [4.69, 9.17) is 0 Å². The van der Waals surface area contributed by atoms with Crippen LogP contribution in [0.4, 0.5) is 5.69 Å². The summed E-state index contributed by atoms with van der Waals surface area (Å²) in [4.78, 5) is 4.47. The number of rotatable bonds is 5. The van der Waals surface area contributed by atoms with Crippen LogP contribution in [0, 0.1) is 6.92 Å². The van der Waals surface area contributed by atoms with Gasteiger partial charge in [0.15, 0.2) is 5.65 Å². The molecule has 0 spiro atoms. The van der Waals surface area contributed by atoms with E-state index in [2.05, 4.69) is 39.7 Å². The molecule has 3 aromatic heterocycles. The lowest BCUT2D eigenvalue weighted by Gasteiger charge is -2.04. The molecule has 0 amide bonds. The number of hydrogen-bond acceptors (Lipinski definition) is 4. The van der Waals surface area contributed by atoms with Gasteiger partial charge in [-0.15, -0.1) is 0 Å². The van der Waals surface area contributed by atoms with Crippen LogP contribution in [0.15, 0.2) is 24.7 Å². The molecule has 0 aliphatic rings. The largest absolute Gasteiger partial charge is 0.380 e. The Morgan fingerprint density at radius 1 is 1.29 bits per heavy atom. The molecule has 6 heteroatoms. The second kappa shape index (κ2) is 5.55. The van der Waals surface area contributed by atoms with Gasteiger partial charge in [-0.2, -0.15) is 10.2 Å². The molecule has 3 heterocycles. The van der Waals surface area contributed by atoms with Crippen molar-refractivity contribution < 1.29 is 0 Å². The van der Waals surface area contributed by atoms with Gasteiger partial charge in [0.2, 0.25) is 0 Å². The molecule has 1 N–H and O–H groups in total. The minimum absolute atomic E-state index is 0.746. The first kappa shape index (κ1) is 13.6. The number of pyridine rings is 1. The predicted molar refractivity (Wildman–Crippen MR) is 83.1 cm³/mol. The minimum atomic E-state index is 0.746. The maximum Gasteiger partial charge on any atom is 0.157 e. The monoisotopic (exact) mass is 284 g/mol. The Morgan fingerprint density at radius 2 is 2.14 bits per heavy atom. The van der Waals surface area contributed by atoms with Crippen LogP contribution in [-0.4, -0.2) is 24.5 Å². The lowest BCUT2D eigenvalue weighted by molar-refractivity contribution is 0.602. The first-order valence-electron chi connectivity index (χ1n) is 7.22. The fraction of sp³-hybridized carbons (Fsp3) is 0.400. The van der Waals surface area contributed by atoms with Crippen molar-refractivity contribution in [3.05, 3.63) is 35.9 Å². The second-order valence-corrected chi connectivity index (χ2v) is 5.27. The summed E-state index contributed by atoms with van der Waals surface area (Å²) in [6.45, 7) is 5.86. The van der Waals surface area contributed by atoms with Gasteiger partial charge in [-0.1, -0.05) is 6.92 Å². The molecule has 110 valence electrons. The van der Waals surface area contributed by atoms with Crippen LogP contribution in [0.25, 0.3) is 11.0 Å². The topological polar surface area (TPSA) is 60.6 Å². The van der Waals surface area contributed by atoms with Crippen molar-refractivity contribution in [2.24, 2.45) is 7.05 Å². The van der Waals surface area contributed by atoms with E-state index in [1.54, 1.807) is 0 Å². The van der Waals surface area contributed by atoms with Crippen LogP contribution in [0.1, 0.15) is 24.6 Å². The molecule has 3 aromatic rings. The fourth-order valence-electron chi connectivity index (χ4n) is 2.46. The molecule has 0 bridgehead atoms. The molecular formula is C15H20N6. The summed E-state index contributed by atoms with van der Waals surface area (Å²) < 4.78 is 3.78. The van der Waals surface area contributed by atoms with Crippen LogP contribution < -0.4 is 5.32 Å². The molecule has 3 rings (SSSR count). The van der Waals surface area contributed by atoms with Crippen molar-refractivity contribution in [1.82, 2.24) is 24.5 Å². The standard InChI is InChI=1S/C15H20N6/c1-4-5-21-10-12(8-18-21)7-16-13-6-14-11(2)19-20(3)15(14)17-9-13/h6,8-10,16H,4-5,7H2,1-3H3. The highest BCUT2D eigenvalue weighted by molar-refractivity contribution is 5.81. The quantitative estimate of drug-likeness (QED) is 0.782. The molecule has 0 aromatic carbocycles. The van der Waals surface area contributed by atoms with E-state index in [1.807, 2.05) is 35.7 Å². The highest BCUT2D eigenvalue weighted by Gasteiger charge is 2.07. The Balaban J connectivity index is 1.73. The molecule has 0 aliphatic heterocycles. The minimum Gasteiger partial charge on any atom is -0.380 e. The van der Waals surface area contributed by atoms with Crippen LogP contribution >= 0.6 is 0 Å². The summed E-state index contributed by atoms with van der Waals surface area (Å²) in [5.74, 6) is 0. The van der Waals surface area contributed by atoms with Gasteiger partial charge in [0.1, 0.15) is 0 Å². The van der Waals surface area contributed by atoms with Crippen molar-refractivity contribution in [2.75, 3.05) is 5.32 Å². The summed E-state index contributed by atoms with van der Waals surface area (Å²) >= 11 is 0. The van der Waals surface area contributed by atoms with Gasteiger partial charge in [0.05, 0.1) is 23.8 Å². The second-order valence-electron chi connectivity index (χ2n) is 5.27. The Kier molecular flexibility index (Phi) is 3.60. The predicted octanol–water partition coefficient (Wildman–Crippen LogP) is 2.50. The maximum absolute atomic E-state index is 4.47. The van der Waals surface area contributed by atoms with Gasteiger partial charge in [-0.3, -0.25) is 9.36 Å². The van der Waals surface area contributed by atoms with Crippen molar-refractivity contribution in [1.29, 1.82) is 0 Å². The lowest BCUT2D eigenvalue weighted by atomic mass is 10.2. The average Bonchev–Trinajstić information content (AvgIpc) is 3.03. The lowest BCUT2D eigenvalue weighted by Crippen LogP contribution is -2.00. The van der Waals surface area contributed by atoms with E-state index < -0.39 is 0 Å². The molecule has 0 unspecified atom stereocenters. The number of aromatic nitrogens is 5. The molecular weight excluding hydrogens is 264 g/mol. The van der Waals surface area contributed by atoms with E-state index in [9.17, 15) is 0 Å². The van der Waals surface area contributed by atoms with Crippen LogP contribution in [0.2, 0.25) is 0 Å². The molecule has 0 saturated carbocycles. The zero-order valence-corrected chi connectivity index (χ0v) is 12.7. The summed E-state index contributed by atoms with van der Waals surface area (Å²) in [5.41, 5.74) is 4.08. The third-order valence-electron chi connectivity index (χ3n) is 3.50. The SMILES string of the molecule is CCCn1cc(CNc2cnc3c(c2)c(C)nn3C)cn1. The number of fused-ring (bicyclic) bond motifs is 1. The van der Waals surface area contributed by atoms with E-state index in [1.165, 1.54) is 5.56 Å². The summed E-state index contributed by atoms with van der Waals surface area (Å²) in [6.07, 6.45) is 6.93. The van der Waals surface area contributed by atoms with Crippen molar-refractivity contribution >= 4 is 16.7 Å². The third-order valence-corrected chi connectivity index (χ3v) is 3.50. The Hall–Kier alpha value is -2.37. The van der Waals surface area contributed by atoms with E-state index in [-0.39, 0.29) is 0 Å². The highest BCUT2D eigenvalue weighted by Crippen LogP contribution is 2.19.